The van der Waals surface area contributed by atoms with Gasteiger partial charge < -0.3 is 10.5 Å². The van der Waals surface area contributed by atoms with Crippen LogP contribution in [0, 0.1) is 6.92 Å². The van der Waals surface area contributed by atoms with Gasteiger partial charge in [0.25, 0.3) is 0 Å². The Hall–Kier alpha value is -1.35. The van der Waals surface area contributed by atoms with Crippen molar-refractivity contribution >= 4 is 5.78 Å². The van der Waals surface area contributed by atoms with Gasteiger partial charge in [-0.25, -0.2) is 0 Å². The maximum atomic E-state index is 12.0. The molecule has 0 amide bonds. The Balaban J connectivity index is 2.33. The van der Waals surface area contributed by atoms with E-state index >= 15 is 0 Å². The largest absolute Gasteiger partial charge is 0.497 e. The zero-order valence-electron chi connectivity index (χ0n) is 9.04. The molecule has 0 spiro atoms. The van der Waals surface area contributed by atoms with Gasteiger partial charge in [0.15, 0.2) is 5.78 Å². The quantitative estimate of drug-likeness (QED) is 0.764. The van der Waals surface area contributed by atoms with Crippen molar-refractivity contribution in [3.8, 4) is 5.75 Å². The summed E-state index contributed by atoms with van der Waals surface area (Å²) in [5, 5.41) is 0. The van der Waals surface area contributed by atoms with Gasteiger partial charge in [0.1, 0.15) is 5.75 Å². The molecule has 1 fully saturated rings. The van der Waals surface area contributed by atoms with Crippen LogP contribution >= 0.6 is 0 Å². The van der Waals surface area contributed by atoms with Crippen LogP contribution in [0.1, 0.15) is 28.8 Å². The first kappa shape index (κ1) is 10.2. The van der Waals surface area contributed by atoms with Gasteiger partial charge in [0, 0.05) is 5.56 Å². The van der Waals surface area contributed by atoms with Gasteiger partial charge in [-0.05, 0) is 43.5 Å². The molecule has 1 saturated carbocycles. The minimum absolute atomic E-state index is 0.0580. The topological polar surface area (TPSA) is 52.3 Å². The van der Waals surface area contributed by atoms with Crippen LogP contribution in [0.5, 0.6) is 5.75 Å². The lowest BCUT2D eigenvalue weighted by atomic mass is 9.98. The van der Waals surface area contributed by atoms with E-state index in [0.717, 1.165) is 29.7 Å². The summed E-state index contributed by atoms with van der Waals surface area (Å²) < 4.78 is 5.09. The molecule has 0 atom stereocenters. The van der Waals surface area contributed by atoms with E-state index < -0.39 is 5.54 Å². The van der Waals surface area contributed by atoms with Crippen molar-refractivity contribution in [3.05, 3.63) is 29.3 Å². The smallest absolute Gasteiger partial charge is 0.182 e. The molecule has 3 heteroatoms. The fourth-order valence-corrected chi connectivity index (χ4v) is 1.65. The highest BCUT2D eigenvalue weighted by atomic mass is 16.5. The van der Waals surface area contributed by atoms with E-state index in [-0.39, 0.29) is 5.78 Å². The summed E-state index contributed by atoms with van der Waals surface area (Å²) in [7, 11) is 1.61. The predicted octanol–water partition coefficient (Wildman–Crippen LogP) is 1.68. The molecule has 1 aliphatic rings. The molecule has 0 aromatic heterocycles. The first-order valence-corrected chi connectivity index (χ1v) is 5.05. The van der Waals surface area contributed by atoms with Gasteiger partial charge in [-0.1, -0.05) is 0 Å². The normalized spacial score (nSPS) is 17.3. The number of aryl methyl sites for hydroxylation is 1. The Labute approximate surface area is 89.2 Å². The number of Topliss-reactive ketones (excluding diaryl/α,β-unsaturated/α-hetero) is 1. The standard InChI is InChI=1S/C12H15NO2/c1-8-7-9(15-2)3-4-10(8)11(14)12(13)5-6-12/h3-4,7H,5-6,13H2,1-2H3. The molecule has 3 nitrogen and oxygen atoms in total. The summed E-state index contributed by atoms with van der Waals surface area (Å²) in [5.41, 5.74) is 6.94. The van der Waals surface area contributed by atoms with E-state index in [1.54, 1.807) is 19.2 Å². The number of ketones is 1. The molecule has 1 aromatic carbocycles. The molecule has 1 aliphatic carbocycles. The van der Waals surface area contributed by atoms with Crippen LogP contribution in [-0.2, 0) is 0 Å². The molecule has 0 aliphatic heterocycles. The molecule has 0 heterocycles. The number of hydrogen-bond acceptors (Lipinski definition) is 3. The Morgan fingerprint density at radius 3 is 2.60 bits per heavy atom. The second kappa shape index (κ2) is 3.35. The maximum absolute atomic E-state index is 12.0. The van der Waals surface area contributed by atoms with E-state index in [2.05, 4.69) is 0 Å². The average Bonchev–Trinajstić information content (AvgIpc) is 2.96. The van der Waals surface area contributed by atoms with Crippen molar-refractivity contribution in [1.29, 1.82) is 0 Å². The Morgan fingerprint density at radius 2 is 2.13 bits per heavy atom. The van der Waals surface area contributed by atoms with Gasteiger partial charge in [-0.3, -0.25) is 4.79 Å². The first-order valence-electron chi connectivity index (χ1n) is 5.05. The van der Waals surface area contributed by atoms with E-state index in [1.807, 2.05) is 13.0 Å². The number of rotatable bonds is 3. The maximum Gasteiger partial charge on any atom is 0.182 e. The van der Waals surface area contributed by atoms with Gasteiger partial charge in [0.2, 0.25) is 0 Å². The van der Waals surface area contributed by atoms with E-state index in [9.17, 15) is 4.79 Å². The second-order valence-electron chi connectivity index (χ2n) is 4.17. The summed E-state index contributed by atoms with van der Waals surface area (Å²) in [6.45, 7) is 1.90. The lowest BCUT2D eigenvalue weighted by Gasteiger charge is -2.11. The molecule has 0 saturated heterocycles. The fourth-order valence-electron chi connectivity index (χ4n) is 1.65. The molecule has 2 N–H and O–H groups in total. The highest BCUT2D eigenvalue weighted by molar-refractivity contribution is 6.06. The van der Waals surface area contributed by atoms with Crippen molar-refractivity contribution in [3.63, 3.8) is 0 Å². The zero-order valence-corrected chi connectivity index (χ0v) is 9.04. The van der Waals surface area contributed by atoms with Crippen molar-refractivity contribution in [2.75, 3.05) is 7.11 Å². The molecular formula is C12H15NO2. The number of carbonyl (C=O) groups excluding carboxylic acids is 1. The predicted molar refractivity (Wildman–Crippen MR) is 58.2 cm³/mol. The minimum atomic E-state index is -0.584. The second-order valence-corrected chi connectivity index (χ2v) is 4.17. The SMILES string of the molecule is COc1ccc(C(=O)C2(N)CC2)c(C)c1. The monoisotopic (exact) mass is 205 g/mol. The molecule has 2 rings (SSSR count). The molecule has 0 unspecified atom stereocenters. The lowest BCUT2D eigenvalue weighted by Crippen LogP contribution is -2.33. The third-order valence-corrected chi connectivity index (χ3v) is 2.92. The van der Waals surface area contributed by atoms with E-state index in [1.165, 1.54) is 0 Å². The van der Waals surface area contributed by atoms with Crippen LogP contribution in [0.3, 0.4) is 0 Å². The van der Waals surface area contributed by atoms with Gasteiger partial charge >= 0.3 is 0 Å². The zero-order chi connectivity index (χ0) is 11.1. The van der Waals surface area contributed by atoms with Crippen LogP contribution in [0.4, 0.5) is 0 Å². The van der Waals surface area contributed by atoms with E-state index in [4.69, 9.17) is 10.5 Å². The number of benzene rings is 1. The number of ether oxygens (including phenoxy) is 1. The number of methoxy groups -OCH3 is 1. The first-order chi connectivity index (χ1) is 7.07. The van der Waals surface area contributed by atoms with E-state index in [0.29, 0.717) is 0 Å². The van der Waals surface area contributed by atoms with Crippen LogP contribution in [0.2, 0.25) is 0 Å². The third-order valence-electron chi connectivity index (χ3n) is 2.92. The Morgan fingerprint density at radius 1 is 1.47 bits per heavy atom. The third kappa shape index (κ3) is 1.75. The molecule has 0 radical (unpaired) electrons. The highest BCUT2D eigenvalue weighted by Gasteiger charge is 2.46. The summed E-state index contributed by atoms with van der Waals surface area (Å²) in [6.07, 6.45) is 1.61. The van der Waals surface area contributed by atoms with Crippen molar-refractivity contribution in [2.45, 2.75) is 25.3 Å². The lowest BCUT2D eigenvalue weighted by molar-refractivity contribution is 0.0948. The molecule has 80 valence electrons. The number of carbonyl (C=O) groups is 1. The fraction of sp³-hybridized carbons (Fsp3) is 0.417. The summed E-state index contributed by atoms with van der Waals surface area (Å²) in [5.74, 6) is 0.827. The summed E-state index contributed by atoms with van der Waals surface area (Å²) in [6, 6.07) is 5.45. The molecule has 1 aromatic rings. The van der Waals surface area contributed by atoms with Crippen molar-refractivity contribution < 1.29 is 9.53 Å². The van der Waals surface area contributed by atoms with Crippen LogP contribution in [-0.4, -0.2) is 18.4 Å². The number of hydrogen-bond donors (Lipinski definition) is 1. The minimum Gasteiger partial charge on any atom is -0.497 e. The average molecular weight is 205 g/mol. The Bertz CT molecular complexity index is 408. The highest BCUT2D eigenvalue weighted by Crippen LogP contribution is 2.36. The van der Waals surface area contributed by atoms with Crippen molar-refractivity contribution in [2.24, 2.45) is 5.73 Å². The molecule has 0 bridgehead atoms. The Kier molecular flexibility index (Phi) is 2.27. The van der Waals surface area contributed by atoms with Gasteiger partial charge in [-0.2, -0.15) is 0 Å². The van der Waals surface area contributed by atoms with Crippen LogP contribution in [0.25, 0.3) is 0 Å². The van der Waals surface area contributed by atoms with Gasteiger partial charge in [0.05, 0.1) is 12.6 Å². The van der Waals surface area contributed by atoms with Gasteiger partial charge in [-0.15, -0.1) is 0 Å². The van der Waals surface area contributed by atoms with Crippen LogP contribution in [0.15, 0.2) is 18.2 Å². The molecular weight excluding hydrogens is 190 g/mol. The number of nitrogens with two attached hydrogens (primary N) is 1. The summed E-state index contributed by atoms with van der Waals surface area (Å²) >= 11 is 0. The van der Waals surface area contributed by atoms with Crippen molar-refractivity contribution in [1.82, 2.24) is 0 Å². The molecule has 15 heavy (non-hydrogen) atoms. The van der Waals surface area contributed by atoms with Crippen LogP contribution < -0.4 is 10.5 Å². The summed E-state index contributed by atoms with van der Waals surface area (Å²) in [4.78, 5) is 12.0.